The zero-order valence-corrected chi connectivity index (χ0v) is 21.3. The number of hydrogen-bond donors (Lipinski definition) is 1. The Bertz CT molecular complexity index is 823. The van der Waals surface area contributed by atoms with Crippen LogP contribution in [-0.4, -0.2) is 56.6 Å². The van der Waals surface area contributed by atoms with Gasteiger partial charge in [-0.2, -0.15) is 0 Å². The summed E-state index contributed by atoms with van der Waals surface area (Å²) < 4.78 is 11.9. The third-order valence-corrected chi connectivity index (χ3v) is 9.10. The Balaban J connectivity index is 1.06. The quantitative estimate of drug-likeness (QED) is 0.286. The first-order valence-corrected chi connectivity index (χ1v) is 13.5. The SMILES string of the molecule is COC1(OO[C@H]2CC[C@@H](c3ccc(OCCN(C)CC(N)=O)cc3)CC2)C2CC3CC(C2)CC1C3. The molecular weight excluding hydrogens is 444 g/mol. The Morgan fingerprint density at radius 1 is 1.00 bits per heavy atom. The minimum atomic E-state index is -0.519. The molecule has 0 heterocycles. The fourth-order valence-corrected chi connectivity index (χ4v) is 7.48. The summed E-state index contributed by atoms with van der Waals surface area (Å²) >= 11 is 0. The molecule has 0 atom stereocenters. The van der Waals surface area contributed by atoms with E-state index in [1.807, 2.05) is 31.2 Å². The number of rotatable bonds is 11. The van der Waals surface area contributed by atoms with E-state index in [4.69, 9.17) is 25.0 Å². The summed E-state index contributed by atoms with van der Waals surface area (Å²) in [5, 5.41) is 0. The largest absolute Gasteiger partial charge is 0.492 e. The molecule has 1 aromatic rings. The van der Waals surface area contributed by atoms with Crippen molar-refractivity contribution < 1.29 is 24.0 Å². The van der Waals surface area contributed by atoms with Crippen molar-refractivity contribution >= 4 is 5.91 Å². The molecule has 6 rings (SSSR count). The van der Waals surface area contributed by atoms with Crippen LogP contribution in [0.25, 0.3) is 0 Å². The summed E-state index contributed by atoms with van der Waals surface area (Å²) in [7, 11) is 3.68. The lowest BCUT2D eigenvalue weighted by molar-refractivity contribution is -0.485. The number of amides is 1. The normalized spacial score (nSPS) is 36.0. The second kappa shape index (κ2) is 10.8. The Labute approximate surface area is 209 Å². The third kappa shape index (κ3) is 5.53. The third-order valence-electron chi connectivity index (χ3n) is 9.10. The van der Waals surface area contributed by atoms with Gasteiger partial charge in [-0.05, 0) is 100 Å². The van der Waals surface area contributed by atoms with Crippen molar-refractivity contribution in [2.24, 2.45) is 29.4 Å². The molecular formula is C28H42N2O5. The average molecular weight is 487 g/mol. The fourth-order valence-electron chi connectivity index (χ4n) is 7.48. The van der Waals surface area contributed by atoms with Crippen molar-refractivity contribution in [3.05, 3.63) is 29.8 Å². The molecule has 7 nitrogen and oxygen atoms in total. The monoisotopic (exact) mass is 486 g/mol. The lowest BCUT2D eigenvalue weighted by Crippen LogP contribution is -2.60. The van der Waals surface area contributed by atoms with Crippen molar-refractivity contribution in [2.75, 3.05) is 33.9 Å². The first-order chi connectivity index (χ1) is 16.9. The van der Waals surface area contributed by atoms with Gasteiger partial charge in [0.1, 0.15) is 12.4 Å². The lowest BCUT2D eigenvalue weighted by Gasteiger charge is -2.58. The van der Waals surface area contributed by atoms with Gasteiger partial charge < -0.3 is 15.2 Å². The Kier molecular flexibility index (Phi) is 7.68. The minimum Gasteiger partial charge on any atom is -0.492 e. The van der Waals surface area contributed by atoms with Crippen molar-refractivity contribution in [3.63, 3.8) is 0 Å². The first kappa shape index (κ1) is 25.0. The van der Waals surface area contributed by atoms with Crippen LogP contribution in [0.1, 0.15) is 69.3 Å². The number of hydrogen-bond acceptors (Lipinski definition) is 6. The van der Waals surface area contributed by atoms with E-state index in [1.54, 1.807) is 0 Å². The Morgan fingerprint density at radius 2 is 1.63 bits per heavy atom. The maximum atomic E-state index is 11.0. The van der Waals surface area contributed by atoms with Crippen LogP contribution < -0.4 is 10.5 Å². The molecule has 4 bridgehead atoms. The molecule has 5 aliphatic rings. The van der Waals surface area contributed by atoms with Crippen molar-refractivity contribution in [1.82, 2.24) is 4.90 Å². The van der Waals surface area contributed by atoms with Gasteiger partial charge in [0.25, 0.3) is 0 Å². The lowest BCUT2D eigenvalue weighted by atomic mass is 9.53. The molecule has 35 heavy (non-hydrogen) atoms. The molecule has 7 heteroatoms. The molecule has 5 aliphatic carbocycles. The molecule has 0 radical (unpaired) electrons. The van der Waals surface area contributed by atoms with Crippen LogP contribution in [0.15, 0.2) is 24.3 Å². The van der Waals surface area contributed by atoms with E-state index in [0.29, 0.717) is 30.9 Å². The summed E-state index contributed by atoms with van der Waals surface area (Å²) in [6.07, 6.45) is 10.7. The van der Waals surface area contributed by atoms with Crippen LogP contribution in [-0.2, 0) is 19.3 Å². The van der Waals surface area contributed by atoms with E-state index in [0.717, 1.165) is 43.3 Å². The zero-order chi connectivity index (χ0) is 24.4. The minimum absolute atomic E-state index is 0.149. The van der Waals surface area contributed by atoms with Gasteiger partial charge in [-0.1, -0.05) is 12.1 Å². The molecule has 5 fully saturated rings. The molecule has 2 N–H and O–H groups in total. The maximum Gasteiger partial charge on any atom is 0.231 e. The molecule has 0 aromatic heterocycles. The van der Waals surface area contributed by atoms with Gasteiger partial charge in [0, 0.05) is 25.5 Å². The average Bonchev–Trinajstić information content (AvgIpc) is 2.84. The van der Waals surface area contributed by atoms with Crippen LogP contribution in [0, 0.1) is 23.7 Å². The topological polar surface area (TPSA) is 83.2 Å². The van der Waals surface area contributed by atoms with E-state index >= 15 is 0 Å². The van der Waals surface area contributed by atoms with Crippen molar-refractivity contribution in [3.8, 4) is 5.75 Å². The zero-order valence-electron chi connectivity index (χ0n) is 21.3. The molecule has 0 saturated heterocycles. The molecule has 5 saturated carbocycles. The van der Waals surface area contributed by atoms with Crippen LogP contribution in [0.5, 0.6) is 5.75 Å². The van der Waals surface area contributed by atoms with Gasteiger partial charge in [0.15, 0.2) is 0 Å². The summed E-state index contributed by atoms with van der Waals surface area (Å²) in [5.41, 5.74) is 6.58. The summed E-state index contributed by atoms with van der Waals surface area (Å²) in [6, 6.07) is 8.45. The van der Waals surface area contributed by atoms with Gasteiger partial charge in [0.2, 0.25) is 11.7 Å². The molecule has 1 amide bonds. The maximum absolute atomic E-state index is 11.0. The van der Waals surface area contributed by atoms with Gasteiger partial charge in [-0.25, -0.2) is 9.78 Å². The fraction of sp³-hybridized carbons (Fsp3) is 0.750. The number of primary amides is 1. The van der Waals surface area contributed by atoms with E-state index in [9.17, 15) is 4.79 Å². The van der Waals surface area contributed by atoms with E-state index in [2.05, 4.69) is 12.1 Å². The summed E-state index contributed by atoms with van der Waals surface area (Å²) in [4.78, 5) is 25.2. The smallest absolute Gasteiger partial charge is 0.231 e. The van der Waals surface area contributed by atoms with Gasteiger partial charge >= 0.3 is 0 Å². The molecule has 1 aromatic carbocycles. The van der Waals surface area contributed by atoms with E-state index in [-0.39, 0.29) is 18.6 Å². The van der Waals surface area contributed by atoms with Crippen LogP contribution in [0.4, 0.5) is 0 Å². The van der Waals surface area contributed by atoms with E-state index < -0.39 is 5.79 Å². The Hall–Kier alpha value is -1.67. The highest BCUT2D eigenvalue weighted by atomic mass is 17.2. The van der Waals surface area contributed by atoms with Crippen LogP contribution in [0.2, 0.25) is 0 Å². The van der Waals surface area contributed by atoms with Gasteiger partial charge in [-0.15, -0.1) is 0 Å². The second-order valence-corrected chi connectivity index (χ2v) is 11.5. The number of carbonyl (C=O) groups excluding carboxylic acids is 1. The number of carbonyl (C=O) groups is 1. The molecule has 0 spiro atoms. The van der Waals surface area contributed by atoms with E-state index in [1.165, 1.54) is 37.7 Å². The molecule has 0 unspecified atom stereocenters. The number of nitrogens with zero attached hydrogens (tertiary/aromatic N) is 1. The van der Waals surface area contributed by atoms with Crippen molar-refractivity contribution in [2.45, 2.75) is 75.6 Å². The number of likely N-dealkylation sites (N-methyl/N-ethyl adjacent to an activating group) is 1. The van der Waals surface area contributed by atoms with Gasteiger partial charge in [0.05, 0.1) is 12.6 Å². The first-order valence-electron chi connectivity index (χ1n) is 13.5. The number of ether oxygens (including phenoxy) is 2. The number of nitrogens with two attached hydrogens (primary N) is 1. The highest BCUT2D eigenvalue weighted by molar-refractivity contribution is 5.75. The highest BCUT2D eigenvalue weighted by Gasteiger charge is 2.60. The number of benzene rings is 1. The molecule has 0 aliphatic heterocycles. The highest BCUT2D eigenvalue weighted by Crippen LogP contribution is 2.60. The predicted molar refractivity (Wildman–Crippen MR) is 133 cm³/mol. The second-order valence-electron chi connectivity index (χ2n) is 11.5. The van der Waals surface area contributed by atoms with Gasteiger partial charge in [-0.3, -0.25) is 9.69 Å². The summed E-state index contributed by atoms with van der Waals surface area (Å²) in [6.45, 7) is 1.43. The van der Waals surface area contributed by atoms with Crippen LogP contribution >= 0.6 is 0 Å². The number of methoxy groups -OCH3 is 1. The van der Waals surface area contributed by atoms with Crippen LogP contribution in [0.3, 0.4) is 0 Å². The summed E-state index contributed by atoms with van der Waals surface area (Å²) in [5.74, 6) is 3.28. The standard InChI is InChI=1S/C28H42N2O5/c1-30(18-27(29)31)11-12-33-25-7-3-21(4-8-25)22-5-9-26(10-6-22)34-35-28(32-2)23-14-19-13-20(16-23)17-24(28)15-19/h3-4,7-8,19-20,22-24,26H,5-6,9-18H2,1-2H3,(H2,29,31)/t19?,20?,22-,23?,24?,26+,28?. The predicted octanol–water partition coefficient (Wildman–Crippen LogP) is 4.26. The van der Waals surface area contributed by atoms with Crippen molar-refractivity contribution in [1.29, 1.82) is 0 Å². The Morgan fingerprint density at radius 3 is 2.20 bits per heavy atom. The molecule has 194 valence electrons.